The largest absolute Gasteiger partial charge is 0.459 e. The third-order valence-corrected chi connectivity index (χ3v) is 6.03. The van der Waals surface area contributed by atoms with Crippen molar-refractivity contribution in [1.29, 1.82) is 0 Å². The van der Waals surface area contributed by atoms with Gasteiger partial charge in [-0.05, 0) is 31.9 Å². The van der Waals surface area contributed by atoms with Gasteiger partial charge in [-0.3, -0.25) is 9.69 Å². The van der Waals surface area contributed by atoms with Crippen molar-refractivity contribution in [2.24, 2.45) is 0 Å². The summed E-state index contributed by atoms with van der Waals surface area (Å²) in [4.78, 5) is 35.8. The smallest absolute Gasteiger partial charge is 0.348 e. The van der Waals surface area contributed by atoms with Gasteiger partial charge in [0, 0.05) is 19.7 Å². The quantitative estimate of drug-likeness (QED) is 0.414. The molecule has 0 amide bonds. The van der Waals surface area contributed by atoms with Crippen LogP contribution in [-0.4, -0.2) is 47.2 Å². The number of rotatable bonds is 9. The van der Waals surface area contributed by atoms with Gasteiger partial charge in [0.05, 0.1) is 18.5 Å². The third kappa shape index (κ3) is 5.13. The number of aryl methyl sites for hydroxylation is 1. The van der Waals surface area contributed by atoms with Crippen molar-refractivity contribution in [2.45, 2.75) is 39.9 Å². The SMILES string of the molecule is COCCOC(=O)c1sc2nc(CN(Cc3ccccc3)C(C)C)[nH]c(=O)c2c1C. The van der Waals surface area contributed by atoms with Crippen LogP contribution in [0.2, 0.25) is 0 Å². The van der Waals surface area contributed by atoms with Crippen LogP contribution in [0.15, 0.2) is 35.1 Å². The zero-order valence-corrected chi connectivity index (χ0v) is 18.5. The second kappa shape index (κ2) is 9.97. The van der Waals surface area contributed by atoms with Crippen LogP contribution < -0.4 is 5.56 Å². The van der Waals surface area contributed by atoms with E-state index >= 15 is 0 Å². The maximum atomic E-state index is 12.7. The van der Waals surface area contributed by atoms with Crippen LogP contribution in [0.25, 0.3) is 10.2 Å². The Morgan fingerprint density at radius 1 is 1.20 bits per heavy atom. The molecule has 2 aromatic heterocycles. The van der Waals surface area contributed by atoms with E-state index in [0.717, 1.165) is 6.54 Å². The molecular formula is C22H27N3O4S. The summed E-state index contributed by atoms with van der Waals surface area (Å²) in [6.45, 7) is 7.72. The second-order valence-electron chi connectivity index (χ2n) is 7.36. The highest BCUT2D eigenvalue weighted by molar-refractivity contribution is 7.20. The third-order valence-electron chi connectivity index (χ3n) is 4.87. The van der Waals surface area contributed by atoms with Crippen molar-refractivity contribution in [3.8, 4) is 0 Å². The molecule has 1 aromatic carbocycles. The lowest BCUT2D eigenvalue weighted by molar-refractivity contribution is 0.0393. The molecule has 0 aliphatic carbocycles. The van der Waals surface area contributed by atoms with E-state index in [9.17, 15) is 9.59 Å². The van der Waals surface area contributed by atoms with Gasteiger partial charge in [0.25, 0.3) is 5.56 Å². The molecule has 0 aliphatic rings. The minimum absolute atomic E-state index is 0.168. The van der Waals surface area contributed by atoms with Crippen molar-refractivity contribution < 1.29 is 14.3 Å². The monoisotopic (exact) mass is 429 g/mol. The molecule has 3 rings (SSSR count). The predicted octanol–water partition coefficient (Wildman–Crippen LogP) is 3.51. The summed E-state index contributed by atoms with van der Waals surface area (Å²) in [6.07, 6.45) is 0. The van der Waals surface area contributed by atoms with Gasteiger partial charge in [-0.25, -0.2) is 9.78 Å². The number of hydrogen-bond donors (Lipinski definition) is 1. The Kier molecular flexibility index (Phi) is 7.36. The molecule has 30 heavy (non-hydrogen) atoms. The Balaban J connectivity index is 1.86. The van der Waals surface area contributed by atoms with Crippen molar-refractivity contribution in [1.82, 2.24) is 14.9 Å². The Hall–Kier alpha value is -2.55. The van der Waals surface area contributed by atoms with Crippen LogP contribution >= 0.6 is 11.3 Å². The number of benzene rings is 1. The zero-order valence-electron chi connectivity index (χ0n) is 17.7. The average molecular weight is 430 g/mol. The molecule has 0 unspecified atom stereocenters. The number of nitrogens with zero attached hydrogens (tertiary/aromatic N) is 2. The van der Waals surface area contributed by atoms with Gasteiger partial charge in [-0.15, -0.1) is 11.3 Å². The summed E-state index contributed by atoms with van der Waals surface area (Å²) >= 11 is 1.19. The van der Waals surface area contributed by atoms with Gasteiger partial charge < -0.3 is 14.5 Å². The summed E-state index contributed by atoms with van der Waals surface area (Å²) in [5.74, 6) is 0.124. The molecule has 0 fully saturated rings. The Morgan fingerprint density at radius 3 is 2.60 bits per heavy atom. The maximum absolute atomic E-state index is 12.7. The first-order valence-electron chi connectivity index (χ1n) is 9.87. The molecule has 0 bridgehead atoms. The van der Waals surface area contributed by atoms with E-state index in [0.29, 0.717) is 39.6 Å². The highest BCUT2D eigenvalue weighted by atomic mass is 32.1. The summed E-state index contributed by atoms with van der Waals surface area (Å²) in [5.41, 5.74) is 1.56. The number of H-pyrrole nitrogens is 1. The molecule has 0 saturated heterocycles. The van der Waals surface area contributed by atoms with E-state index in [1.54, 1.807) is 14.0 Å². The molecule has 160 valence electrons. The molecule has 2 heterocycles. The van der Waals surface area contributed by atoms with Crippen molar-refractivity contribution in [2.75, 3.05) is 20.3 Å². The number of fused-ring (bicyclic) bond motifs is 1. The van der Waals surface area contributed by atoms with Gasteiger partial charge in [-0.1, -0.05) is 30.3 Å². The van der Waals surface area contributed by atoms with Gasteiger partial charge >= 0.3 is 5.97 Å². The van der Waals surface area contributed by atoms with E-state index in [-0.39, 0.29) is 18.2 Å². The highest BCUT2D eigenvalue weighted by Crippen LogP contribution is 2.28. The fourth-order valence-corrected chi connectivity index (χ4v) is 4.27. The lowest BCUT2D eigenvalue weighted by Gasteiger charge is -2.26. The van der Waals surface area contributed by atoms with Crippen molar-refractivity contribution >= 4 is 27.5 Å². The average Bonchev–Trinajstić information content (AvgIpc) is 3.05. The first-order valence-corrected chi connectivity index (χ1v) is 10.7. The molecular weight excluding hydrogens is 402 g/mol. The molecule has 0 saturated carbocycles. The first-order chi connectivity index (χ1) is 14.4. The number of carbonyl (C=O) groups excluding carboxylic acids is 1. The van der Waals surface area contributed by atoms with Crippen molar-refractivity contribution in [3.05, 3.63) is 62.5 Å². The predicted molar refractivity (Wildman–Crippen MR) is 118 cm³/mol. The number of thiophene rings is 1. The second-order valence-corrected chi connectivity index (χ2v) is 8.36. The van der Waals surface area contributed by atoms with Crippen molar-refractivity contribution in [3.63, 3.8) is 0 Å². The van der Waals surface area contributed by atoms with Crippen LogP contribution in [0.5, 0.6) is 0 Å². The minimum Gasteiger partial charge on any atom is -0.459 e. The van der Waals surface area contributed by atoms with Crippen LogP contribution in [0.3, 0.4) is 0 Å². The summed E-state index contributed by atoms with van der Waals surface area (Å²) in [5, 5.41) is 0.446. The summed E-state index contributed by atoms with van der Waals surface area (Å²) in [6, 6.07) is 10.5. The molecule has 1 N–H and O–H groups in total. The molecule has 0 radical (unpaired) electrons. The van der Waals surface area contributed by atoms with E-state index in [1.165, 1.54) is 16.9 Å². The fourth-order valence-electron chi connectivity index (χ4n) is 3.17. The van der Waals surface area contributed by atoms with Gasteiger partial charge in [0.2, 0.25) is 0 Å². The van der Waals surface area contributed by atoms with Crippen LogP contribution in [0.4, 0.5) is 0 Å². The van der Waals surface area contributed by atoms with Crippen LogP contribution in [-0.2, 0) is 22.6 Å². The lowest BCUT2D eigenvalue weighted by atomic mass is 10.2. The van der Waals surface area contributed by atoms with E-state index in [4.69, 9.17) is 9.47 Å². The minimum atomic E-state index is -0.457. The molecule has 0 atom stereocenters. The van der Waals surface area contributed by atoms with E-state index < -0.39 is 5.97 Å². The number of esters is 1. The standard InChI is InChI=1S/C22H27N3O4S/c1-14(2)25(12-16-8-6-5-7-9-16)13-17-23-20(26)18-15(3)19(30-21(18)24-17)22(27)29-11-10-28-4/h5-9,14H,10-13H2,1-4H3,(H,23,24,26). The number of aromatic amines is 1. The number of nitrogens with one attached hydrogen (secondary N) is 1. The number of hydrogen-bond acceptors (Lipinski definition) is 7. The first kappa shape index (κ1) is 22.1. The molecule has 0 aliphatic heterocycles. The van der Waals surface area contributed by atoms with E-state index in [2.05, 4.69) is 40.8 Å². The number of methoxy groups -OCH3 is 1. The number of aromatic nitrogens is 2. The van der Waals surface area contributed by atoms with Gasteiger partial charge in [0.15, 0.2) is 0 Å². The molecule has 0 spiro atoms. The fraction of sp³-hybridized carbons (Fsp3) is 0.409. The highest BCUT2D eigenvalue weighted by Gasteiger charge is 2.21. The molecule has 7 nitrogen and oxygen atoms in total. The molecule has 8 heteroatoms. The Morgan fingerprint density at radius 2 is 1.93 bits per heavy atom. The summed E-state index contributed by atoms with van der Waals surface area (Å²) < 4.78 is 10.1. The van der Waals surface area contributed by atoms with Crippen LogP contribution in [0.1, 0.15) is 40.5 Å². The molecule has 3 aromatic rings. The Labute approximate surface area is 179 Å². The normalized spacial score (nSPS) is 11.5. The van der Waals surface area contributed by atoms with E-state index in [1.807, 2.05) is 18.2 Å². The van der Waals surface area contributed by atoms with Gasteiger partial charge in [0.1, 0.15) is 22.1 Å². The number of carbonyl (C=O) groups is 1. The summed E-state index contributed by atoms with van der Waals surface area (Å²) in [7, 11) is 1.54. The Bertz CT molecular complexity index is 1060. The topological polar surface area (TPSA) is 84.5 Å². The lowest BCUT2D eigenvalue weighted by Crippen LogP contribution is -2.31. The number of ether oxygens (including phenoxy) is 2. The van der Waals surface area contributed by atoms with Crippen LogP contribution in [0, 0.1) is 6.92 Å². The maximum Gasteiger partial charge on any atom is 0.348 e. The van der Waals surface area contributed by atoms with Gasteiger partial charge in [-0.2, -0.15) is 0 Å². The zero-order chi connectivity index (χ0) is 21.7.